The Labute approximate surface area is 185 Å². The van der Waals surface area contributed by atoms with E-state index in [0.717, 1.165) is 38.2 Å². The molecule has 158 valence electrons. The molecule has 0 aliphatic carbocycles. The first-order valence-corrected chi connectivity index (χ1v) is 9.55. The van der Waals surface area contributed by atoms with E-state index in [9.17, 15) is 4.79 Å². The SMILES string of the molecule is COc1ccc(CCNC(=NCC(=O)N(C)C)NCC2CCCCO2)cc1.I. The van der Waals surface area contributed by atoms with Crippen LogP contribution in [0.15, 0.2) is 29.3 Å². The van der Waals surface area contributed by atoms with Crippen LogP contribution < -0.4 is 15.4 Å². The van der Waals surface area contributed by atoms with Gasteiger partial charge in [0.1, 0.15) is 12.3 Å². The minimum atomic E-state index is -0.0276. The zero-order valence-corrected chi connectivity index (χ0v) is 19.4. The van der Waals surface area contributed by atoms with E-state index in [4.69, 9.17) is 9.47 Å². The third kappa shape index (κ3) is 9.09. The number of hydrogen-bond acceptors (Lipinski definition) is 4. The molecule has 1 aliphatic rings. The first kappa shape index (κ1) is 24.5. The summed E-state index contributed by atoms with van der Waals surface area (Å²) in [6.07, 6.45) is 4.45. The van der Waals surface area contributed by atoms with E-state index in [1.54, 1.807) is 26.1 Å². The molecule has 0 bridgehead atoms. The van der Waals surface area contributed by atoms with Gasteiger partial charge < -0.3 is 25.0 Å². The third-order valence-corrected chi connectivity index (χ3v) is 4.51. The smallest absolute Gasteiger partial charge is 0.243 e. The van der Waals surface area contributed by atoms with Crippen LogP contribution in [0.2, 0.25) is 0 Å². The summed E-state index contributed by atoms with van der Waals surface area (Å²) in [4.78, 5) is 17.8. The van der Waals surface area contributed by atoms with Crippen LogP contribution >= 0.6 is 24.0 Å². The highest BCUT2D eigenvalue weighted by Crippen LogP contribution is 2.12. The van der Waals surface area contributed by atoms with Gasteiger partial charge in [0.25, 0.3) is 0 Å². The Morgan fingerprint density at radius 1 is 1.25 bits per heavy atom. The summed E-state index contributed by atoms with van der Waals surface area (Å²) in [6.45, 7) is 2.36. The number of amides is 1. The van der Waals surface area contributed by atoms with E-state index in [1.807, 2.05) is 12.1 Å². The number of carbonyl (C=O) groups excluding carboxylic acids is 1. The van der Waals surface area contributed by atoms with E-state index < -0.39 is 0 Å². The van der Waals surface area contributed by atoms with Crippen LogP contribution in [-0.2, 0) is 16.0 Å². The lowest BCUT2D eigenvalue weighted by atomic mass is 10.1. The molecule has 0 radical (unpaired) electrons. The maximum absolute atomic E-state index is 11.8. The Bertz CT molecular complexity index is 602. The number of nitrogens with one attached hydrogen (secondary N) is 2. The molecule has 2 N–H and O–H groups in total. The van der Waals surface area contributed by atoms with Crippen molar-refractivity contribution in [2.45, 2.75) is 31.8 Å². The Balaban J connectivity index is 0.00000392. The summed E-state index contributed by atoms with van der Waals surface area (Å²) < 4.78 is 10.9. The summed E-state index contributed by atoms with van der Waals surface area (Å²) in [7, 11) is 5.13. The van der Waals surface area contributed by atoms with Crippen molar-refractivity contribution in [1.29, 1.82) is 0 Å². The summed E-state index contributed by atoms with van der Waals surface area (Å²) in [5.41, 5.74) is 1.21. The van der Waals surface area contributed by atoms with Crippen LogP contribution in [0.5, 0.6) is 5.75 Å². The number of hydrogen-bond donors (Lipinski definition) is 2. The summed E-state index contributed by atoms with van der Waals surface area (Å²) >= 11 is 0. The molecule has 0 aromatic heterocycles. The first-order chi connectivity index (χ1) is 13.1. The minimum absolute atomic E-state index is 0. The third-order valence-electron chi connectivity index (χ3n) is 4.51. The zero-order chi connectivity index (χ0) is 19.5. The van der Waals surface area contributed by atoms with Gasteiger partial charge in [0.15, 0.2) is 5.96 Å². The number of halogens is 1. The van der Waals surface area contributed by atoms with Gasteiger partial charge in [-0.15, -0.1) is 24.0 Å². The lowest BCUT2D eigenvalue weighted by Gasteiger charge is -2.24. The number of nitrogens with zero attached hydrogens (tertiary/aromatic N) is 2. The van der Waals surface area contributed by atoms with Crippen LogP contribution in [0.25, 0.3) is 0 Å². The van der Waals surface area contributed by atoms with Crippen molar-refractivity contribution in [3.8, 4) is 5.75 Å². The average Bonchev–Trinajstić information content (AvgIpc) is 2.70. The Hall–Kier alpha value is -1.55. The highest BCUT2D eigenvalue weighted by atomic mass is 127. The van der Waals surface area contributed by atoms with Gasteiger partial charge in [-0.1, -0.05) is 12.1 Å². The van der Waals surface area contributed by atoms with Crippen molar-refractivity contribution in [1.82, 2.24) is 15.5 Å². The highest BCUT2D eigenvalue weighted by molar-refractivity contribution is 14.0. The van der Waals surface area contributed by atoms with E-state index >= 15 is 0 Å². The molecule has 1 aromatic carbocycles. The standard InChI is InChI=1S/C20H32N4O3.HI/c1-24(2)19(25)15-23-20(22-14-18-6-4-5-13-27-18)21-12-11-16-7-9-17(26-3)10-8-16;/h7-10,18H,4-6,11-15H2,1-3H3,(H2,21,22,23);1H. The van der Waals surface area contributed by atoms with Gasteiger partial charge in [0.05, 0.1) is 13.2 Å². The molecular weight excluding hydrogens is 471 g/mol. The molecule has 1 heterocycles. The first-order valence-electron chi connectivity index (χ1n) is 9.55. The number of rotatable bonds is 8. The second-order valence-corrected chi connectivity index (χ2v) is 6.85. The largest absolute Gasteiger partial charge is 0.497 e. The maximum Gasteiger partial charge on any atom is 0.243 e. The molecule has 8 heteroatoms. The lowest BCUT2D eigenvalue weighted by Crippen LogP contribution is -2.43. The Kier molecular flexibility index (Phi) is 11.9. The summed E-state index contributed by atoms with van der Waals surface area (Å²) in [6, 6.07) is 8.02. The van der Waals surface area contributed by atoms with E-state index in [1.165, 1.54) is 12.0 Å². The van der Waals surface area contributed by atoms with Gasteiger partial charge in [-0.05, 0) is 43.4 Å². The summed E-state index contributed by atoms with van der Waals surface area (Å²) in [5.74, 6) is 1.47. The Morgan fingerprint density at radius 3 is 2.61 bits per heavy atom. The van der Waals surface area contributed by atoms with Gasteiger partial charge in [-0.25, -0.2) is 4.99 Å². The minimum Gasteiger partial charge on any atom is -0.497 e. The number of aliphatic imine (C=N–C) groups is 1. The lowest BCUT2D eigenvalue weighted by molar-refractivity contribution is -0.127. The topological polar surface area (TPSA) is 75.2 Å². The summed E-state index contributed by atoms with van der Waals surface area (Å²) in [5, 5.41) is 6.62. The molecule has 1 aromatic rings. The van der Waals surface area contributed by atoms with Gasteiger partial charge in [-0.3, -0.25) is 4.79 Å². The quantitative estimate of drug-likeness (QED) is 0.322. The number of carbonyl (C=O) groups is 1. The van der Waals surface area contributed by atoms with Crippen LogP contribution in [0, 0.1) is 0 Å². The fraction of sp³-hybridized carbons (Fsp3) is 0.600. The van der Waals surface area contributed by atoms with Crippen molar-refractivity contribution in [2.24, 2.45) is 4.99 Å². The molecule has 0 saturated carbocycles. The van der Waals surface area contributed by atoms with Crippen molar-refractivity contribution < 1.29 is 14.3 Å². The number of likely N-dealkylation sites (N-methyl/N-ethyl adjacent to an activating group) is 1. The molecule has 7 nitrogen and oxygen atoms in total. The van der Waals surface area contributed by atoms with Gasteiger partial charge >= 0.3 is 0 Å². The number of ether oxygens (including phenoxy) is 2. The molecule has 1 saturated heterocycles. The van der Waals surface area contributed by atoms with Gasteiger partial charge in [-0.2, -0.15) is 0 Å². The predicted molar refractivity (Wildman–Crippen MR) is 123 cm³/mol. The molecule has 2 rings (SSSR count). The van der Waals surface area contributed by atoms with Crippen molar-refractivity contribution in [3.05, 3.63) is 29.8 Å². The second kappa shape index (κ2) is 13.6. The number of guanidine groups is 1. The molecule has 1 amide bonds. The predicted octanol–water partition coefficient (Wildman–Crippen LogP) is 2.05. The monoisotopic (exact) mass is 504 g/mol. The number of benzene rings is 1. The fourth-order valence-corrected chi connectivity index (χ4v) is 2.76. The van der Waals surface area contributed by atoms with Crippen LogP contribution in [0.3, 0.4) is 0 Å². The van der Waals surface area contributed by atoms with Gasteiger partial charge in [0.2, 0.25) is 5.91 Å². The number of methoxy groups -OCH3 is 1. The highest BCUT2D eigenvalue weighted by Gasteiger charge is 2.14. The van der Waals surface area contributed by atoms with Crippen molar-refractivity contribution >= 4 is 35.8 Å². The van der Waals surface area contributed by atoms with Crippen LogP contribution in [-0.4, -0.2) is 70.3 Å². The molecule has 1 aliphatic heterocycles. The molecule has 1 fully saturated rings. The Morgan fingerprint density at radius 2 is 2.00 bits per heavy atom. The fourth-order valence-electron chi connectivity index (χ4n) is 2.76. The van der Waals surface area contributed by atoms with Crippen LogP contribution in [0.1, 0.15) is 24.8 Å². The maximum atomic E-state index is 11.8. The van der Waals surface area contributed by atoms with E-state index in [-0.39, 0.29) is 42.5 Å². The second-order valence-electron chi connectivity index (χ2n) is 6.85. The van der Waals surface area contributed by atoms with E-state index in [0.29, 0.717) is 12.5 Å². The normalized spacial score (nSPS) is 16.7. The average molecular weight is 504 g/mol. The van der Waals surface area contributed by atoms with Crippen molar-refractivity contribution in [3.63, 3.8) is 0 Å². The molecular formula is C20H33IN4O3. The molecule has 28 heavy (non-hydrogen) atoms. The van der Waals surface area contributed by atoms with E-state index in [2.05, 4.69) is 27.8 Å². The molecule has 1 atom stereocenters. The molecule has 1 unspecified atom stereocenters. The van der Waals surface area contributed by atoms with Gasteiger partial charge in [0, 0.05) is 33.8 Å². The zero-order valence-electron chi connectivity index (χ0n) is 17.1. The van der Waals surface area contributed by atoms with Crippen LogP contribution in [0.4, 0.5) is 0 Å². The van der Waals surface area contributed by atoms with Crippen molar-refractivity contribution in [2.75, 3.05) is 47.4 Å². The molecule has 0 spiro atoms.